The Morgan fingerprint density at radius 3 is 2.94 bits per heavy atom. The van der Waals surface area contributed by atoms with Crippen molar-refractivity contribution in [2.75, 3.05) is 11.6 Å². The van der Waals surface area contributed by atoms with E-state index in [0.29, 0.717) is 4.99 Å². The molecule has 2 rings (SSSR count). The molecule has 0 saturated carbocycles. The minimum absolute atomic E-state index is 0.362. The Kier molecular flexibility index (Phi) is 4.17. The molecule has 0 saturated heterocycles. The van der Waals surface area contributed by atoms with Gasteiger partial charge in [-0.2, -0.15) is 0 Å². The average molecular weight is 275 g/mol. The van der Waals surface area contributed by atoms with Crippen molar-refractivity contribution in [2.45, 2.75) is 4.90 Å². The predicted molar refractivity (Wildman–Crippen MR) is 81.6 cm³/mol. The number of nitrogens with zero attached hydrogens (tertiary/aromatic N) is 1. The number of hydrogen-bond acceptors (Lipinski definition) is 4. The fourth-order valence-electron chi connectivity index (χ4n) is 1.57. The van der Waals surface area contributed by atoms with Crippen molar-refractivity contribution in [3.8, 4) is 0 Å². The second-order valence-corrected chi connectivity index (χ2v) is 4.96. The molecule has 0 amide bonds. The van der Waals surface area contributed by atoms with E-state index in [1.165, 1.54) is 4.90 Å². The third-order valence-corrected chi connectivity index (χ3v) is 3.38. The van der Waals surface area contributed by atoms with Gasteiger partial charge < -0.3 is 11.1 Å². The third kappa shape index (κ3) is 3.00. The fraction of sp³-hybridized carbons (Fsp3) is 0.0769. The van der Waals surface area contributed by atoms with Crippen molar-refractivity contribution < 1.29 is 0 Å². The molecule has 2 aromatic rings. The van der Waals surface area contributed by atoms with E-state index in [1.807, 2.05) is 24.5 Å². The van der Waals surface area contributed by atoms with Crippen molar-refractivity contribution in [3.63, 3.8) is 0 Å². The van der Waals surface area contributed by atoms with E-state index in [4.69, 9.17) is 18.0 Å². The Bertz CT molecular complexity index is 570. The molecule has 3 nitrogen and oxygen atoms in total. The van der Waals surface area contributed by atoms with Crippen molar-refractivity contribution in [1.82, 2.24) is 4.98 Å². The van der Waals surface area contributed by atoms with E-state index in [-0.39, 0.29) is 0 Å². The fourth-order valence-corrected chi connectivity index (χ4v) is 2.20. The SMILES string of the molecule is CSc1cccc(Nc2cnccc2C(N)=S)c1. The minimum atomic E-state index is 0.362. The van der Waals surface area contributed by atoms with Gasteiger partial charge in [-0.25, -0.2) is 0 Å². The van der Waals surface area contributed by atoms with Gasteiger partial charge in [0.1, 0.15) is 4.99 Å². The number of rotatable bonds is 4. The zero-order chi connectivity index (χ0) is 13.0. The largest absolute Gasteiger partial charge is 0.389 e. The van der Waals surface area contributed by atoms with E-state index < -0.39 is 0 Å². The van der Waals surface area contributed by atoms with Crippen molar-refractivity contribution in [3.05, 3.63) is 48.3 Å². The molecule has 0 radical (unpaired) electrons. The van der Waals surface area contributed by atoms with Gasteiger partial charge in [-0.05, 0) is 30.5 Å². The highest BCUT2D eigenvalue weighted by Crippen LogP contribution is 2.23. The number of thioether (sulfide) groups is 1. The molecule has 0 aliphatic rings. The summed E-state index contributed by atoms with van der Waals surface area (Å²) in [4.78, 5) is 5.64. The first-order valence-corrected chi connectivity index (χ1v) is 6.99. The molecule has 5 heteroatoms. The summed E-state index contributed by atoms with van der Waals surface area (Å²) in [6, 6.07) is 9.94. The van der Waals surface area contributed by atoms with Crippen LogP contribution in [-0.4, -0.2) is 16.2 Å². The highest BCUT2D eigenvalue weighted by Gasteiger charge is 2.05. The molecule has 0 spiro atoms. The van der Waals surface area contributed by atoms with Crippen LogP contribution in [0.15, 0.2) is 47.6 Å². The molecule has 1 heterocycles. The summed E-state index contributed by atoms with van der Waals surface area (Å²) in [5.41, 5.74) is 8.30. The first-order valence-electron chi connectivity index (χ1n) is 5.35. The normalized spacial score (nSPS) is 10.1. The van der Waals surface area contributed by atoms with Gasteiger partial charge in [-0.1, -0.05) is 18.3 Å². The van der Waals surface area contributed by atoms with Crippen molar-refractivity contribution >= 4 is 40.3 Å². The summed E-state index contributed by atoms with van der Waals surface area (Å²) < 4.78 is 0. The quantitative estimate of drug-likeness (QED) is 0.663. The molecular formula is C13H13N3S2. The summed E-state index contributed by atoms with van der Waals surface area (Å²) in [6.45, 7) is 0. The predicted octanol–water partition coefficient (Wildman–Crippen LogP) is 3.18. The maximum Gasteiger partial charge on any atom is 0.106 e. The van der Waals surface area contributed by atoms with Crippen LogP contribution in [0, 0.1) is 0 Å². The van der Waals surface area contributed by atoms with Crippen LogP contribution >= 0.6 is 24.0 Å². The second kappa shape index (κ2) is 5.84. The van der Waals surface area contributed by atoms with Crippen molar-refractivity contribution in [2.24, 2.45) is 5.73 Å². The molecule has 1 aromatic heterocycles. The summed E-state index contributed by atoms with van der Waals surface area (Å²) >= 11 is 6.72. The summed E-state index contributed by atoms with van der Waals surface area (Å²) in [7, 11) is 0. The molecule has 0 unspecified atom stereocenters. The lowest BCUT2D eigenvalue weighted by molar-refractivity contribution is 1.31. The highest BCUT2D eigenvalue weighted by atomic mass is 32.2. The lowest BCUT2D eigenvalue weighted by Gasteiger charge is -2.11. The first kappa shape index (κ1) is 12.9. The lowest BCUT2D eigenvalue weighted by atomic mass is 10.2. The number of nitrogens with two attached hydrogens (primary N) is 1. The number of aromatic nitrogens is 1. The number of thiocarbonyl (C=S) groups is 1. The zero-order valence-electron chi connectivity index (χ0n) is 9.88. The van der Waals surface area contributed by atoms with Crippen LogP contribution in [0.25, 0.3) is 0 Å². The topological polar surface area (TPSA) is 50.9 Å². The second-order valence-electron chi connectivity index (χ2n) is 3.64. The highest BCUT2D eigenvalue weighted by molar-refractivity contribution is 7.98. The molecule has 18 heavy (non-hydrogen) atoms. The van der Waals surface area contributed by atoms with Crippen LogP contribution < -0.4 is 11.1 Å². The van der Waals surface area contributed by atoms with Crippen LogP contribution in [0.3, 0.4) is 0 Å². The number of pyridine rings is 1. The summed E-state index contributed by atoms with van der Waals surface area (Å²) in [5.74, 6) is 0. The molecule has 0 fully saturated rings. The Balaban J connectivity index is 2.31. The lowest BCUT2D eigenvalue weighted by Crippen LogP contribution is -2.12. The first-order chi connectivity index (χ1) is 8.70. The third-order valence-electron chi connectivity index (χ3n) is 2.44. The van der Waals surface area contributed by atoms with Gasteiger partial charge in [0.05, 0.1) is 11.9 Å². The molecular weight excluding hydrogens is 262 g/mol. The van der Waals surface area contributed by atoms with Gasteiger partial charge in [0.2, 0.25) is 0 Å². The minimum Gasteiger partial charge on any atom is -0.389 e. The number of hydrogen-bond donors (Lipinski definition) is 2. The number of nitrogens with one attached hydrogen (secondary N) is 1. The Morgan fingerprint density at radius 1 is 1.39 bits per heavy atom. The van der Waals surface area contributed by atoms with Gasteiger partial charge in [-0.3, -0.25) is 4.98 Å². The van der Waals surface area contributed by atoms with Crippen LogP contribution in [0.1, 0.15) is 5.56 Å². The Morgan fingerprint density at radius 2 is 2.22 bits per heavy atom. The zero-order valence-corrected chi connectivity index (χ0v) is 11.5. The molecule has 0 bridgehead atoms. The molecule has 0 atom stereocenters. The molecule has 92 valence electrons. The maximum atomic E-state index is 5.68. The Labute approximate surface area is 116 Å². The van der Waals surface area contributed by atoms with E-state index >= 15 is 0 Å². The summed E-state index contributed by atoms with van der Waals surface area (Å²) in [6.07, 6.45) is 5.45. The van der Waals surface area contributed by atoms with Crippen LogP contribution in [0.4, 0.5) is 11.4 Å². The molecule has 0 aliphatic carbocycles. The van der Waals surface area contributed by atoms with E-state index in [2.05, 4.69) is 22.4 Å². The van der Waals surface area contributed by atoms with Crippen molar-refractivity contribution in [1.29, 1.82) is 0 Å². The maximum absolute atomic E-state index is 5.68. The van der Waals surface area contributed by atoms with Gasteiger partial charge in [0.15, 0.2) is 0 Å². The standard InChI is InChI=1S/C13H13N3S2/c1-18-10-4-2-3-9(7-10)16-12-8-15-6-5-11(12)13(14)17/h2-8,16H,1H3,(H2,14,17). The van der Waals surface area contributed by atoms with Crippen LogP contribution in [0.2, 0.25) is 0 Å². The van der Waals surface area contributed by atoms with Crippen LogP contribution in [0.5, 0.6) is 0 Å². The average Bonchev–Trinajstić information content (AvgIpc) is 2.39. The van der Waals surface area contributed by atoms with E-state index in [1.54, 1.807) is 24.2 Å². The molecule has 3 N–H and O–H groups in total. The van der Waals surface area contributed by atoms with E-state index in [0.717, 1.165) is 16.9 Å². The monoisotopic (exact) mass is 275 g/mol. The van der Waals surface area contributed by atoms with Crippen LogP contribution in [-0.2, 0) is 0 Å². The summed E-state index contributed by atoms with van der Waals surface area (Å²) in [5, 5.41) is 3.29. The van der Waals surface area contributed by atoms with Gasteiger partial charge in [0.25, 0.3) is 0 Å². The molecule has 0 aliphatic heterocycles. The smallest absolute Gasteiger partial charge is 0.106 e. The van der Waals surface area contributed by atoms with Gasteiger partial charge in [0, 0.05) is 22.3 Å². The molecule has 1 aromatic carbocycles. The number of anilines is 2. The van der Waals surface area contributed by atoms with Gasteiger partial charge >= 0.3 is 0 Å². The Hall–Kier alpha value is -1.59. The van der Waals surface area contributed by atoms with E-state index in [9.17, 15) is 0 Å². The number of benzene rings is 1. The van der Waals surface area contributed by atoms with Gasteiger partial charge in [-0.15, -0.1) is 11.8 Å².